The maximum Gasteiger partial charge on any atom is 0.135 e. The number of benzene rings is 10. The minimum Gasteiger partial charge on any atom is -0.456 e. The first kappa shape index (κ1) is 35.2. The minimum absolute atomic E-state index is 0.899. The average molecular weight is 766 g/mol. The van der Waals surface area contributed by atoms with E-state index in [0.29, 0.717) is 0 Å². The summed E-state index contributed by atoms with van der Waals surface area (Å²) in [6.07, 6.45) is 0. The number of hydrogen-bond acceptors (Lipinski definition) is 2. The molecule has 282 valence electrons. The molecule has 0 fully saturated rings. The fourth-order valence-electron chi connectivity index (χ4n) is 8.83. The molecule has 0 atom stereocenters. The lowest BCUT2D eigenvalue weighted by Gasteiger charge is -2.31. The Bertz CT molecular complexity index is 3290. The van der Waals surface area contributed by atoms with E-state index in [4.69, 9.17) is 4.42 Å². The molecular formula is C58H39NO. The molecule has 10 aromatic carbocycles. The molecule has 0 N–H and O–H groups in total. The molecule has 0 radical (unpaired) electrons. The van der Waals surface area contributed by atoms with E-state index in [0.717, 1.165) is 66.8 Å². The van der Waals surface area contributed by atoms with Crippen LogP contribution in [-0.4, -0.2) is 0 Å². The molecule has 0 amide bonds. The SMILES string of the molecule is c1ccc(-c2ccc(N(c3ccc(-c4ccc5oc6ccccc6c5c4)cc3)c3ccccc3-c3cccc4cccc(-c5ccccc5)c34)c(-c3ccccc3)c2)cc1. The Morgan fingerprint density at radius 3 is 1.55 bits per heavy atom. The minimum atomic E-state index is 0.899. The Balaban J connectivity index is 1.13. The Morgan fingerprint density at radius 2 is 0.800 bits per heavy atom. The van der Waals surface area contributed by atoms with Gasteiger partial charge < -0.3 is 9.32 Å². The van der Waals surface area contributed by atoms with E-state index in [2.05, 4.69) is 229 Å². The fraction of sp³-hybridized carbons (Fsp3) is 0. The topological polar surface area (TPSA) is 16.4 Å². The Hall–Kier alpha value is -7.94. The van der Waals surface area contributed by atoms with Gasteiger partial charge >= 0.3 is 0 Å². The number of nitrogens with zero attached hydrogens (tertiary/aromatic N) is 1. The van der Waals surface area contributed by atoms with Gasteiger partial charge in [-0.05, 0) is 104 Å². The van der Waals surface area contributed by atoms with Gasteiger partial charge in [0.25, 0.3) is 0 Å². The number of fused-ring (bicyclic) bond motifs is 4. The first-order valence-corrected chi connectivity index (χ1v) is 20.5. The second kappa shape index (κ2) is 15.1. The molecule has 2 nitrogen and oxygen atoms in total. The van der Waals surface area contributed by atoms with Crippen LogP contribution in [0.2, 0.25) is 0 Å². The normalized spacial score (nSPS) is 11.3. The third-order valence-corrected chi connectivity index (χ3v) is 11.7. The molecule has 0 saturated carbocycles. The van der Waals surface area contributed by atoms with Crippen LogP contribution in [0.1, 0.15) is 0 Å². The van der Waals surface area contributed by atoms with E-state index in [1.807, 2.05) is 12.1 Å². The van der Waals surface area contributed by atoms with Crippen molar-refractivity contribution < 1.29 is 4.42 Å². The molecule has 60 heavy (non-hydrogen) atoms. The van der Waals surface area contributed by atoms with E-state index >= 15 is 0 Å². The molecule has 2 heteroatoms. The summed E-state index contributed by atoms with van der Waals surface area (Å²) < 4.78 is 6.18. The molecule has 11 aromatic rings. The molecule has 0 aliphatic heterocycles. The summed E-state index contributed by atoms with van der Waals surface area (Å²) >= 11 is 0. The Labute approximate surface area is 349 Å². The van der Waals surface area contributed by atoms with Gasteiger partial charge in [-0.25, -0.2) is 0 Å². The molecule has 0 bridgehead atoms. The first-order chi connectivity index (χ1) is 29.8. The van der Waals surface area contributed by atoms with Crippen LogP contribution in [0.4, 0.5) is 17.1 Å². The van der Waals surface area contributed by atoms with Gasteiger partial charge in [0.05, 0.1) is 11.4 Å². The molecule has 0 saturated heterocycles. The van der Waals surface area contributed by atoms with Crippen molar-refractivity contribution in [3.63, 3.8) is 0 Å². The largest absolute Gasteiger partial charge is 0.456 e. The van der Waals surface area contributed by atoms with Crippen LogP contribution in [0.5, 0.6) is 0 Å². The Morgan fingerprint density at radius 1 is 0.283 bits per heavy atom. The predicted octanol–water partition coefficient (Wildman–Crippen LogP) is 16.5. The van der Waals surface area contributed by atoms with Gasteiger partial charge in [-0.3, -0.25) is 0 Å². The van der Waals surface area contributed by atoms with Gasteiger partial charge in [-0.2, -0.15) is 0 Å². The number of rotatable bonds is 8. The van der Waals surface area contributed by atoms with Gasteiger partial charge in [0, 0.05) is 27.6 Å². The van der Waals surface area contributed by atoms with E-state index < -0.39 is 0 Å². The van der Waals surface area contributed by atoms with Crippen molar-refractivity contribution in [1.82, 2.24) is 0 Å². The lowest BCUT2D eigenvalue weighted by atomic mass is 9.90. The fourth-order valence-corrected chi connectivity index (χ4v) is 8.83. The van der Waals surface area contributed by atoms with Gasteiger partial charge in [0.15, 0.2) is 0 Å². The number of hydrogen-bond donors (Lipinski definition) is 0. The second-order valence-corrected chi connectivity index (χ2v) is 15.2. The zero-order valence-electron chi connectivity index (χ0n) is 32.9. The molecule has 0 unspecified atom stereocenters. The van der Waals surface area contributed by atoms with E-state index in [9.17, 15) is 0 Å². The van der Waals surface area contributed by atoms with Gasteiger partial charge in [0.2, 0.25) is 0 Å². The summed E-state index contributed by atoms with van der Waals surface area (Å²) in [5.41, 5.74) is 16.8. The third-order valence-electron chi connectivity index (χ3n) is 11.7. The summed E-state index contributed by atoms with van der Waals surface area (Å²) in [4.78, 5) is 2.45. The Kier molecular flexibility index (Phi) is 8.87. The molecule has 11 rings (SSSR count). The van der Waals surface area contributed by atoms with Crippen LogP contribution in [-0.2, 0) is 0 Å². The van der Waals surface area contributed by atoms with Crippen LogP contribution in [0, 0.1) is 0 Å². The van der Waals surface area contributed by atoms with Crippen LogP contribution in [0.15, 0.2) is 241 Å². The van der Waals surface area contributed by atoms with Crippen molar-refractivity contribution in [2.24, 2.45) is 0 Å². The van der Waals surface area contributed by atoms with Gasteiger partial charge in [-0.15, -0.1) is 0 Å². The monoisotopic (exact) mass is 765 g/mol. The van der Waals surface area contributed by atoms with E-state index in [1.54, 1.807) is 0 Å². The number of anilines is 3. The van der Waals surface area contributed by atoms with Gasteiger partial charge in [-0.1, -0.05) is 188 Å². The standard InChI is InChI=1S/C58H39NO/c1-4-16-40(17-5-1)45-32-36-55(52(38-45)43-20-8-3-9-21-43)59(47-34-30-41(31-35-47)46-33-37-57-53(39-46)50-25-11-13-29-56(50)60-57)54-28-12-10-24-49(54)51-27-15-23-44-22-14-26-48(58(44)51)42-18-6-2-7-19-42/h1-39H. The van der Waals surface area contributed by atoms with Crippen LogP contribution >= 0.6 is 0 Å². The van der Waals surface area contributed by atoms with Crippen molar-refractivity contribution in [3.8, 4) is 55.6 Å². The van der Waals surface area contributed by atoms with E-state index in [-0.39, 0.29) is 0 Å². The van der Waals surface area contributed by atoms with Crippen molar-refractivity contribution in [1.29, 1.82) is 0 Å². The smallest absolute Gasteiger partial charge is 0.135 e. The van der Waals surface area contributed by atoms with Crippen molar-refractivity contribution in [2.75, 3.05) is 4.90 Å². The molecule has 0 spiro atoms. The highest BCUT2D eigenvalue weighted by molar-refractivity contribution is 6.09. The first-order valence-electron chi connectivity index (χ1n) is 20.5. The summed E-state index contributed by atoms with van der Waals surface area (Å²) in [6.45, 7) is 0. The molecule has 1 aromatic heterocycles. The van der Waals surface area contributed by atoms with Gasteiger partial charge in [0.1, 0.15) is 11.2 Å². The lowest BCUT2D eigenvalue weighted by molar-refractivity contribution is 0.669. The second-order valence-electron chi connectivity index (χ2n) is 15.2. The van der Waals surface area contributed by atoms with Crippen LogP contribution in [0.25, 0.3) is 88.3 Å². The summed E-state index contributed by atoms with van der Waals surface area (Å²) in [5, 5.41) is 4.70. The number of para-hydroxylation sites is 2. The maximum atomic E-state index is 6.18. The summed E-state index contributed by atoms with van der Waals surface area (Å²) in [5.74, 6) is 0. The van der Waals surface area contributed by atoms with Crippen molar-refractivity contribution in [2.45, 2.75) is 0 Å². The van der Waals surface area contributed by atoms with E-state index in [1.165, 1.54) is 38.6 Å². The molecular weight excluding hydrogens is 727 g/mol. The highest BCUT2D eigenvalue weighted by Crippen LogP contribution is 2.48. The van der Waals surface area contributed by atoms with Crippen LogP contribution in [0.3, 0.4) is 0 Å². The van der Waals surface area contributed by atoms with Crippen molar-refractivity contribution >= 4 is 49.8 Å². The zero-order chi connectivity index (χ0) is 39.8. The number of furan rings is 1. The quantitative estimate of drug-likeness (QED) is 0.153. The predicted molar refractivity (Wildman–Crippen MR) is 253 cm³/mol. The summed E-state index contributed by atoms with van der Waals surface area (Å²) in [7, 11) is 0. The lowest BCUT2D eigenvalue weighted by Crippen LogP contribution is -2.12. The highest BCUT2D eigenvalue weighted by Gasteiger charge is 2.23. The summed E-state index contributed by atoms with van der Waals surface area (Å²) in [6, 6.07) is 85.1. The van der Waals surface area contributed by atoms with Crippen molar-refractivity contribution in [3.05, 3.63) is 237 Å². The third kappa shape index (κ3) is 6.32. The molecule has 0 aliphatic rings. The molecule has 0 aliphatic carbocycles. The van der Waals surface area contributed by atoms with Crippen LogP contribution < -0.4 is 4.90 Å². The maximum absolute atomic E-state index is 6.18. The molecule has 1 heterocycles. The average Bonchev–Trinajstić information content (AvgIpc) is 3.71. The highest BCUT2D eigenvalue weighted by atomic mass is 16.3. The zero-order valence-corrected chi connectivity index (χ0v) is 32.9.